The maximum absolute atomic E-state index is 12.9. The first-order valence-electron chi connectivity index (χ1n) is 7.56. The fourth-order valence-corrected chi connectivity index (χ4v) is 2.49. The minimum Gasteiger partial charge on any atom is -0.491 e. The van der Waals surface area contributed by atoms with Gasteiger partial charge in [0.1, 0.15) is 24.3 Å². The summed E-state index contributed by atoms with van der Waals surface area (Å²) in [4.78, 5) is 14.2. The van der Waals surface area contributed by atoms with Crippen LogP contribution in [0.1, 0.15) is 10.4 Å². The predicted octanol–water partition coefficient (Wildman–Crippen LogP) is 2.75. The lowest BCUT2D eigenvalue weighted by atomic mass is 10.2. The van der Waals surface area contributed by atoms with E-state index in [-0.39, 0.29) is 17.8 Å². The van der Waals surface area contributed by atoms with E-state index in [0.717, 1.165) is 0 Å². The molecule has 1 atom stereocenters. The van der Waals surface area contributed by atoms with Gasteiger partial charge in [0, 0.05) is 12.1 Å². The second kappa shape index (κ2) is 7.24. The molecule has 1 saturated heterocycles. The zero-order valence-corrected chi connectivity index (χ0v) is 12.7. The first-order valence-corrected chi connectivity index (χ1v) is 7.56. The molecule has 2 aromatic rings. The minimum atomic E-state index is -0.300. The third-order valence-electron chi connectivity index (χ3n) is 3.70. The molecule has 0 radical (unpaired) electrons. The number of ether oxygens (including phenoxy) is 2. The van der Waals surface area contributed by atoms with E-state index in [1.807, 2.05) is 30.3 Å². The van der Waals surface area contributed by atoms with E-state index >= 15 is 0 Å². The SMILES string of the molecule is O=C(c1ccccc1)N1CCO[C@H](COc2ccc(F)cc2)C1. The van der Waals surface area contributed by atoms with Gasteiger partial charge >= 0.3 is 0 Å². The van der Waals surface area contributed by atoms with Crippen LogP contribution in [0.4, 0.5) is 4.39 Å². The molecule has 1 aliphatic rings. The van der Waals surface area contributed by atoms with E-state index in [1.165, 1.54) is 12.1 Å². The van der Waals surface area contributed by atoms with Crippen LogP contribution in [0.3, 0.4) is 0 Å². The largest absolute Gasteiger partial charge is 0.491 e. The predicted molar refractivity (Wildman–Crippen MR) is 84.0 cm³/mol. The fourth-order valence-electron chi connectivity index (χ4n) is 2.49. The molecule has 0 aliphatic carbocycles. The summed E-state index contributed by atoms with van der Waals surface area (Å²) in [7, 11) is 0. The van der Waals surface area contributed by atoms with Gasteiger partial charge in [0.25, 0.3) is 5.91 Å². The lowest BCUT2D eigenvalue weighted by molar-refractivity contribution is -0.0401. The van der Waals surface area contributed by atoms with Crippen molar-refractivity contribution in [3.05, 3.63) is 66.0 Å². The van der Waals surface area contributed by atoms with Gasteiger partial charge in [0.2, 0.25) is 0 Å². The maximum atomic E-state index is 12.9. The molecular formula is C18H18FNO3. The number of hydrogen-bond donors (Lipinski definition) is 0. The smallest absolute Gasteiger partial charge is 0.254 e. The summed E-state index contributed by atoms with van der Waals surface area (Å²) in [5.41, 5.74) is 0.674. The highest BCUT2D eigenvalue weighted by Crippen LogP contribution is 2.14. The molecule has 0 N–H and O–H groups in total. The Morgan fingerprint density at radius 1 is 1.17 bits per heavy atom. The molecule has 23 heavy (non-hydrogen) atoms. The standard InChI is InChI=1S/C18H18FNO3/c19-15-6-8-16(9-7-15)23-13-17-12-20(10-11-22-17)18(21)14-4-2-1-3-5-14/h1-9,17H,10-13H2/t17-/m0/s1. The Morgan fingerprint density at radius 2 is 1.91 bits per heavy atom. The summed E-state index contributed by atoms with van der Waals surface area (Å²) in [6.07, 6.45) is -0.193. The van der Waals surface area contributed by atoms with E-state index in [0.29, 0.717) is 37.6 Å². The number of morpholine rings is 1. The molecule has 0 spiro atoms. The van der Waals surface area contributed by atoms with Crippen LogP contribution in [0, 0.1) is 5.82 Å². The van der Waals surface area contributed by atoms with Crippen molar-refractivity contribution in [2.75, 3.05) is 26.3 Å². The van der Waals surface area contributed by atoms with Gasteiger partial charge in [-0.25, -0.2) is 4.39 Å². The number of amides is 1. The summed E-state index contributed by atoms with van der Waals surface area (Å²) in [6.45, 7) is 1.86. The Balaban J connectivity index is 1.56. The maximum Gasteiger partial charge on any atom is 0.254 e. The van der Waals surface area contributed by atoms with E-state index in [9.17, 15) is 9.18 Å². The van der Waals surface area contributed by atoms with Crippen molar-refractivity contribution in [2.24, 2.45) is 0 Å². The van der Waals surface area contributed by atoms with Gasteiger partial charge in [-0.2, -0.15) is 0 Å². The number of hydrogen-bond acceptors (Lipinski definition) is 3. The quantitative estimate of drug-likeness (QED) is 0.871. The number of rotatable bonds is 4. The van der Waals surface area contributed by atoms with Gasteiger partial charge in [-0.05, 0) is 36.4 Å². The van der Waals surface area contributed by atoms with Gasteiger partial charge in [0.05, 0.1) is 13.2 Å². The average Bonchev–Trinajstić information content (AvgIpc) is 2.61. The summed E-state index contributed by atoms with van der Waals surface area (Å²) in [5, 5.41) is 0. The number of nitrogens with zero attached hydrogens (tertiary/aromatic N) is 1. The molecular weight excluding hydrogens is 297 g/mol. The lowest BCUT2D eigenvalue weighted by Gasteiger charge is -2.32. The van der Waals surface area contributed by atoms with Crippen LogP contribution >= 0.6 is 0 Å². The van der Waals surface area contributed by atoms with Crippen LogP contribution in [0.5, 0.6) is 5.75 Å². The monoisotopic (exact) mass is 315 g/mol. The van der Waals surface area contributed by atoms with Crippen LogP contribution in [0.15, 0.2) is 54.6 Å². The zero-order chi connectivity index (χ0) is 16.1. The Bertz CT molecular complexity index is 645. The van der Waals surface area contributed by atoms with Crippen molar-refractivity contribution < 1.29 is 18.7 Å². The van der Waals surface area contributed by atoms with Gasteiger partial charge in [0.15, 0.2) is 0 Å². The van der Waals surface area contributed by atoms with Crippen molar-refractivity contribution in [3.63, 3.8) is 0 Å². The second-order valence-electron chi connectivity index (χ2n) is 5.37. The minimum absolute atomic E-state index is 0.000632. The number of carbonyl (C=O) groups excluding carboxylic acids is 1. The molecule has 5 heteroatoms. The molecule has 0 saturated carbocycles. The van der Waals surface area contributed by atoms with Gasteiger partial charge < -0.3 is 14.4 Å². The first-order chi connectivity index (χ1) is 11.2. The molecule has 0 unspecified atom stereocenters. The number of carbonyl (C=O) groups is 1. The average molecular weight is 315 g/mol. The van der Waals surface area contributed by atoms with E-state index in [2.05, 4.69) is 0 Å². The highest BCUT2D eigenvalue weighted by Gasteiger charge is 2.25. The molecule has 2 aromatic carbocycles. The first kappa shape index (κ1) is 15.5. The van der Waals surface area contributed by atoms with E-state index < -0.39 is 0 Å². The Morgan fingerprint density at radius 3 is 2.65 bits per heavy atom. The van der Waals surface area contributed by atoms with Gasteiger partial charge in [-0.3, -0.25) is 4.79 Å². The van der Waals surface area contributed by atoms with Crippen LogP contribution < -0.4 is 4.74 Å². The van der Waals surface area contributed by atoms with Crippen LogP contribution in [-0.4, -0.2) is 43.2 Å². The third-order valence-corrected chi connectivity index (χ3v) is 3.70. The molecule has 1 heterocycles. The molecule has 1 aliphatic heterocycles. The Kier molecular flexibility index (Phi) is 4.88. The molecule has 120 valence electrons. The van der Waals surface area contributed by atoms with Crippen LogP contribution in [0.2, 0.25) is 0 Å². The summed E-state index contributed by atoms with van der Waals surface area (Å²) >= 11 is 0. The van der Waals surface area contributed by atoms with Crippen molar-refractivity contribution in [3.8, 4) is 5.75 Å². The number of halogens is 1. The number of benzene rings is 2. The molecule has 1 amide bonds. The molecule has 3 rings (SSSR count). The normalized spacial score (nSPS) is 17.8. The summed E-state index contributed by atoms with van der Waals surface area (Å²) in [5.74, 6) is 0.285. The van der Waals surface area contributed by atoms with Crippen molar-refractivity contribution in [2.45, 2.75) is 6.10 Å². The highest BCUT2D eigenvalue weighted by molar-refractivity contribution is 5.94. The Hall–Kier alpha value is -2.40. The zero-order valence-electron chi connectivity index (χ0n) is 12.7. The van der Waals surface area contributed by atoms with Gasteiger partial charge in [-0.15, -0.1) is 0 Å². The van der Waals surface area contributed by atoms with E-state index in [1.54, 1.807) is 17.0 Å². The highest BCUT2D eigenvalue weighted by atomic mass is 19.1. The van der Waals surface area contributed by atoms with E-state index in [4.69, 9.17) is 9.47 Å². The fraction of sp³-hybridized carbons (Fsp3) is 0.278. The van der Waals surface area contributed by atoms with Crippen molar-refractivity contribution in [1.29, 1.82) is 0 Å². The lowest BCUT2D eigenvalue weighted by Crippen LogP contribution is -2.47. The second-order valence-corrected chi connectivity index (χ2v) is 5.37. The summed E-state index contributed by atoms with van der Waals surface area (Å²) in [6, 6.07) is 15.0. The molecule has 0 aromatic heterocycles. The van der Waals surface area contributed by atoms with Gasteiger partial charge in [-0.1, -0.05) is 18.2 Å². The van der Waals surface area contributed by atoms with Crippen molar-refractivity contribution >= 4 is 5.91 Å². The summed E-state index contributed by atoms with van der Waals surface area (Å²) < 4.78 is 24.1. The van der Waals surface area contributed by atoms with Crippen LogP contribution in [0.25, 0.3) is 0 Å². The van der Waals surface area contributed by atoms with Crippen molar-refractivity contribution in [1.82, 2.24) is 4.90 Å². The third kappa shape index (κ3) is 4.07. The Labute approximate surface area is 134 Å². The topological polar surface area (TPSA) is 38.8 Å². The molecule has 0 bridgehead atoms. The molecule has 1 fully saturated rings. The molecule has 4 nitrogen and oxygen atoms in total. The van der Waals surface area contributed by atoms with Crippen LogP contribution in [-0.2, 0) is 4.74 Å².